The minimum Gasteiger partial charge on any atom is -0.475 e. The molecule has 2 aromatic rings. The molecular formula is C13H10O4. The van der Waals surface area contributed by atoms with Gasteiger partial charge in [0.2, 0.25) is 5.76 Å². The van der Waals surface area contributed by atoms with E-state index in [9.17, 15) is 9.59 Å². The molecule has 0 saturated carbocycles. The Morgan fingerprint density at radius 1 is 1.18 bits per heavy atom. The maximum atomic E-state index is 11.3. The molecule has 0 amide bonds. The summed E-state index contributed by atoms with van der Waals surface area (Å²) in [7, 11) is 0. The van der Waals surface area contributed by atoms with Crippen LogP contribution in [0.25, 0.3) is 11.3 Å². The van der Waals surface area contributed by atoms with Crippen LogP contribution >= 0.6 is 0 Å². The Bertz CT molecular complexity index is 608. The fourth-order valence-corrected chi connectivity index (χ4v) is 1.44. The Morgan fingerprint density at radius 3 is 2.41 bits per heavy atom. The predicted molar refractivity (Wildman–Crippen MR) is 62.1 cm³/mol. The number of carboxylic acid groups (broad SMARTS) is 1. The second kappa shape index (κ2) is 4.25. The van der Waals surface area contributed by atoms with E-state index in [0.29, 0.717) is 5.56 Å². The zero-order valence-electron chi connectivity index (χ0n) is 9.14. The second-order valence-electron chi connectivity index (χ2n) is 3.69. The van der Waals surface area contributed by atoms with E-state index in [0.717, 1.165) is 11.6 Å². The summed E-state index contributed by atoms with van der Waals surface area (Å²) in [6.45, 7) is 1.94. The third kappa shape index (κ3) is 2.42. The van der Waals surface area contributed by atoms with Gasteiger partial charge in [-0.1, -0.05) is 29.8 Å². The Kier molecular flexibility index (Phi) is 2.78. The van der Waals surface area contributed by atoms with E-state index in [2.05, 4.69) is 0 Å². The van der Waals surface area contributed by atoms with Crippen molar-refractivity contribution in [3.8, 4) is 11.3 Å². The van der Waals surface area contributed by atoms with Crippen molar-refractivity contribution in [2.75, 3.05) is 0 Å². The van der Waals surface area contributed by atoms with Crippen LogP contribution in [0.2, 0.25) is 0 Å². The summed E-state index contributed by atoms with van der Waals surface area (Å²) in [6.07, 6.45) is 0. The highest BCUT2D eigenvalue weighted by Crippen LogP contribution is 2.19. The van der Waals surface area contributed by atoms with Gasteiger partial charge in [-0.3, -0.25) is 4.79 Å². The molecule has 0 aliphatic heterocycles. The maximum Gasteiger partial charge on any atom is 0.371 e. The average Bonchev–Trinajstić information content (AvgIpc) is 2.29. The first-order valence-corrected chi connectivity index (χ1v) is 5.02. The number of hydrogen-bond acceptors (Lipinski definition) is 3. The summed E-state index contributed by atoms with van der Waals surface area (Å²) in [4.78, 5) is 22.1. The fraction of sp³-hybridized carbons (Fsp3) is 0.0769. The van der Waals surface area contributed by atoms with Crippen LogP contribution in [0.4, 0.5) is 0 Å². The molecule has 4 nitrogen and oxygen atoms in total. The standard InChI is InChI=1S/C13H10O4/c1-8-2-4-9(5-3-8)11-6-10(14)7-12(17-11)13(15)16/h2-7H,1H3,(H,15,16). The number of benzene rings is 1. The van der Waals surface area contributed by atoms with Crippen LogP contribution in [0.1, 0.15) is 16.1 Å². The lowest BCUT2D eigenvalue weighted by Gasteiger charge is -2.02. The maximum absolute atomic E-state index is 11.3. The number of aryl methyl sites for hydroxylation is 1. The molecule has 0 radical (unpaired) electrons. The molecule has 1 heterocycles. The Balaban J connectivity index is 2.55. The number of carboxylic acids is 1. The fourth-order valence-electron chi connectivity index (χ4n) is 1.44. The Labute approximate surface area is 97.1 Å². The molecule has 0 aliphatic rings. The van der Waals surface area contributed by atoms with Crippen molar-refractivity contribution in [3.05, 3.63) is 57.9 Å². The molecule has 0 bridgehead atoms. The SMILES string of the molecule is Cc1ccc(-c2cc(=O)cc(C(=O)O)o2)cc1. The van der Waals surface area contributed by atoms with Gasteiger partial charge in [-0.05, 0) is 6.92 Å². The van der Waals surface area contributed by atoms with E-state index in [1.54, 1.807) is 12.1 Å². The number of aromatic carboxylic acids is 1. The van der Waals surface area contributed by atoms with Crippen LogP contribution in [0.5, 0.6) is 0 Å². The smallest absolute Gasteiger partial charge is 0.371 e. The lowest BCUT2D eigenvalue weighted by atomic mass is 10.1. The number of hydrogen-bond donors (Lipinski definition) is 1. The summed E-state index contributed by atoms with van der Waals surface area (Å²) in [5, 5.41) is 8.79. The van der Waals surface area contributed by atoms with Gasteiger partial charge in [0.05, 0.1) is 0 Å². The predicted octanol–water partition coefficient (Wildman–Crippen LogP) is 2.31. The molecule has 0 atom stereocenters. The van der Waals surface area contributed by atoms with Gasteiger partial charge in [-0.2, -0.15) is 0 Å². The third-order valence-corrected chi connectivity index (χ3v) is 2.31. The van der Waals surface area contributed by atoms with Crippen LogP contribution in [-0.2, 0) is 0 Å². The summed E-state index contributed by atoms with van der Waals surface area (Å²) in [5.74, 6) is -1.35. The highest BCUT2D eigenvalue weighted by molar-refractivity contribution is 5.84. The Hall–Kier alpha value is -2.36. The van der Waals surface area contributed by atoms with E-state index >= 15 is 0 Å². The van der Waals surface area contributed by atoms with Gasteiger partial charge >= 0.3 is 5.97 Å². The zero-order valence-corrected chi connectivity index (χ0v) is 9.14. The summed E-state index contributed by atoms with van der Waals surface area (Å²) >= 11 is 0. The van der Waals surface area contributed by atoms with Gasteiger partial charge in [-0.25, -0.2) is 4.79 Å². The molecule has 0 spiro atoms. The summed E-state index contributed by atoms with van der Waals surface area (Å²) < 4.78 is 5.15. The molecule has 0 fully saturated rings. The van der Waals surface area contributed by atoms with E-state index in [1.165, 1.54) is 6.07 Å². The lowest BCUT2D eigenvalue weighted by molar-refractivity contribution is 0.0660. The topological polar surface area (TPSA) is 67.5 Å². The molecule has 1 aromatic carbocycles. The molecule has 1 aromatic heterocycles. The van der Waals surface area contributed by atoms with Crippen molar-refractivity contribution in [2.45, 2.75) is 6.92 Å². The van der Waals surface area contributed by atoms with Crippen LogP contribution in [-0.4, -0.2) is 11.1 Å². The Morgan fingerprint density at radius 2 is 1.82 bits per heavy atom. The van der Waals surface area contributed by atoms with E-state index in [1.807, 2.05) is 19.1 Å². The monoisotopic (exact) mass is 230 g/mol. The summed E-state index contributed by atoms with van der Waals surface area (Å²) in [5.41, 5.74) is 1.37. The molecule has 0 aliphatic carbocycles. The quantitative estimate of drug-likeness (QED) is 0.859. The van der Waals surface area contributed by atoms with Gasteiger partial charge in [-0.15, -0.1) is 0 Å². The van der Waals surface area contributed by atoms with Crippen LogP contribution in [0, 0.1) is 6.92 Å². The molecular weight excluding hydrogens is 220 g/mol. The van der Waals surface area contributed by atoms with Gasteiger partial charge < -0.3 is 9.52 Å². The lowest BCUT2D eigenvalue weighted by Crippen LogP contribution is -2.05. The van der Waals surface area contributed by atoms with Crippen molar-refractivity contribution in [2.24, 2.45) is 0 Å². The average molecular weight is 230 g/mol. The molecule has 4 heteroatoms. The van der Waals surface area contributed by atoms with Crippen molar-refractivity contribution in [1.29, 1.82) is 0 Å². The zero-order chi connectivity index (χ0) is 12.4. The third-order valence-electron chi connectivity index (χ3n) is 2.31. The second-order valence-corrected chi connectivity index (χ2v) is 3.69. The first-order chi connectivity index (χ1) is 8.06. The van der Waals surface area contributed by atoms with Gasteiger partial charge in [0.25, 0.3) is 0 Å². The highest BCUT2D eigenvalue weighted by Gasteiger charge is 2.10. The largest absolute Gasteiger partial charge is 0.475 e. The molecule has 0 unspecified atom stereocenters. The van der Waals surface area contributed by atoms with E-state index in [4.69, 9.17) is 9.52 Å². The molecule has 86 valence electrons. The van der Waals surface area contributed by atoms with E-state index < -0.39 is 5.97 Å². The molecule has 1 N–H and O–H groups in total. The van der Waals surface area contributed by atoms with Crippen molar-refractivity contribution in [1.82, 2.24) is 0 Å². The van der Waals surface area contributed by atoms with Gasteiger partial charge in [0, 0.05) is 17.7 Å². The van der Waals surface area contributed by atoms with Crippen LogP contribution in [0.15, 0.2) is 45.6 Å². The van der Waals surface area contributed by atoms with Gasteiger partial charge in [0.15, 0.2) is 5.43 Å². The first-order valence-electron chi connectivity index (χ1n) is 5.02. The minimum absolute atomic E-state index is 0.259. The number of carbonyl (C=O) groups is 1. The van der Waals surface area contributed by atoms with Crippen LogP contribution < -0.4 is 5.43 Å². The van der Waals surface area contributed by atoms with Gasteiger partial charge in [0.1, 0.15) is 5.76 Å². The molecule has 17 heavy (non-hydrogen) atoms. The normalized spacial score (nSPS) is 10.2. The summed E-state index contributed by atoms with van der Waals surface area (Å²) in [6, 6.07) is 9.52. The van der Waals surface area contributed by atoms with Crippen LogP contribution in [0.3, 0.4) is 0 Å². The molecule has 0 saturated heterocycles. The van der Waals surface area contributed by atoms with Crippen molar-refractivity contribution < 1.29 is 14.3 Å². The van der Waals surface area contributed by atoms with Crippen molar-refractivity contribution in [3.63, 3.8) is 0 Å². The van der Waals surface area contributed by atoms with Crippen molar-refractivity contribution >= 4 is 5.97 Å². The number of rotatable bonds is 2. The van der Waals surface area contributed by atoms with E-state index in [-0.39, 0.29) is 16.9 Å². The first kappa shape index (κ1) is 11.1. The minimum atomic E-state index is -1.25. The molecule has 2 rings (SSSR count). The highest BCUT2D eigenvalue weighted by atomic mass is 16.4.